The van der Waals surface area contributed by atoms with E-state index in [1.807, 2.05) is 0 Å². The molecule has 0 spiro atoms. The summed E-state index contributed by atoms with van der Waals surface area (Å²) in [7, 11) is 0. The number of nitrogen functional groups attached to an aromatic ring is 1. The van der Waals surface area contributed by atoms with Gasteiger partial charge in [0.25, 0.3) is 0 Å². The standard InChI is InChI=1S/C7H8ClFN2O/c8-6-3-5(10)4-7(11-6)12-2-1-9/h3-4H,1-2H2,(H2,10,11). The molecule has 5 heteroatoms. The fourth-order valence-corrected chi connectivity index (χ4v) is 0.918. The monoisotopic (exact) mass is 190 g/mol. The fourth-order valence-electron chi connectivity index (χ4n) is 0.709. The van der Waals surface area contributed by atoms with Crippen molar-refractivity contribution in [3.8, 4) is 5.88 Å². The van der Waals surface area contributed by atoms with Crippen LogP contribution in [-0.2, 0) is 0 Å². The number of hydrogen-bond acceptors (Lipinski definition) is 3. The molecule has 0 radical (unpaired) electrons. The number of pyridine rings is 1. The maximum atomic E-state index is 11.7. The Balaban J connectivity index is 2.72. The lowest BCUT2D eigenvalue weighted by Gasteiger charge is -2.03. The predicted octanol–water partition coefficient (Wildman–Crippen LogP) is 1.67. The van der Waals surface area contributed by atoms with Crippen LogP contribution in [0, 0.1) is 0 Å². The lowest BCUT2D eigenvalue weighted by atomic mass is 10.4. The molecular weight excluding hydrogens is 183 g/mol. The van der Waals surface area contributed by atoms with Gasteiger partial charge in [-0.25, -0.2) is 9.37 Å². The molecule has 0 saturated carbocycles. The van der Waals surface area contributed by atoms with Crippen molar-refractivity contribution >= 4 is 17.3 Å². The number of nitrogens with two attached hydrogens (primary N) is 1. The minimum atomic E-state index is -0.561. The van der Waals surface area contributed by atoms with Crippen molar-refractivity contribution in [2.45, 2.75) is 0 Å². The quantitative estimate of drug-likeness (QED) is 0.738. The van der Waals surface area contributed by atoms with Crippen LogP contribution in [0.5, 0.6) is 5.88 Å². The molecule has 1 heterocycles. The number of anilines is 1. The lowest BCUT2D eigenvalue weighted by Crippen LogP contribution is -2.01. The highest BCUT2D eigenvalue weighted by atomic mass is 35.5. The molecule has 1 rings (SSSR count). The zero-order chi connectivity index (χ0) is 8.97. The molecule has 3 nitrogen and oxygen atoms in total. The highest BCUT2D eigenvalue weighted by Gasteiger charge is 1.98. The summed E-state index contributed by atoms with van der Waals surface area (Å²) in [6.45, 7) is -0.596. The van der Waals surface area contributed by atoms with E-state index in [0.29, 0.717) is 5.69 Å². The second-order valence-corrected chi connectivity index (χ2v) is 2.49. The van der Waals surface area contributed by atoms with E-state index in [-0.39, 0.29) is 17.6 Å². The lowest BCUT2D eigenvalue weighted by molar-refractivity contribution is 0.264. The van der Waals surface area contributed by atoms with Crippen molar-refractivity contribution in [2.24, 2.45) is 0 Å². The van der Waals surface area contributed by atoms with E-state index < -0.39 is 6.67 Å². The summed E-state index contributed by atoms with van der Waals surface area (Å²) in [5.41, 5.74) is 5.88. The first kappa shape index (κ1) is 9.06. The van der Waals surface area contributed by atoms with E-state index in [4.69, 9.17) is 22.1 Å². The van der Waals surface area contributed by atoms with Gasteiger partial charge in [-0.1, -0.05) is 11.6 Å². The van der Waals surface area contributed by atoms with Crippen LogP contribution in [0.1, 0.15) is 0 Å². The molecule has 1 aromatic rings. The van der Waals surface area contributed by atoms with E-state index in [0.717, 1.165) is 0 Å². The van der Waals surface area contributed by atoms with Crippen LogP contribution in [0.15, 0.2) is 12.1 Å². The largest absolute Gasteiger partial charge is 0.475 e. The van der Waals surface area contributed by atoms with Crippen molar-refractivity contribution in [3.05, 3.63) is 17.3 Å². The minimum Gasteiger partial charge on any atom is -0.475 e. The van der Waals surface area contributed by atoms with Gasteiger partial charge in [-0.2, -0.15) is 0 Å². The van der Waals surface area contributed by atoms with Crippen LogP contribution in [0.25, 0.3) is 0 Å². The summed E-state index contributed by atoms with van der Waals surface area (Å²) in [6, 6.07) is 2.98. The Kier molecular flexibility index (Phi) is 3.10. The molecule has 0 fully saturated rings. The molecule has 0 aromatic carbocycles. The molecule has 2 N–H and O–H groups in total. The van der Waals surface area contributed by atoms with Gasteiger partial charge in [0.05, 0.1) is 0 Å². The maximum Gasteiger partial charge on any atom is 0.216 e. The van der Waals surface area contributed by atoms with Crippen molar-refractivity contribution < 1.29 is 9.13 Å². The third-order valence-corrected chi connectivity index (χ3v) is 1.31. The SMILES string of the molecule is Nc1cc(Cl)nc(OCCF)c1. The summed E-state index contributed by atoms with van der Waals surface area (Å²) in [4.78, 5) is 3.77. The average molecular weight is 191 g/mol. The van der Waals surface area contributed by atoms with Crippen LogP contribution in [0.2, 0.25) is 5.15 Å². The van der Waals surface area contributed by atoms with Gasteiger partial charge in [-0.15, -0.1) is 0 Å². The van der Waals surface area contributed by atoms with Crippen LogP contribution < -0.4 is 10.5 Å². The van der Waals surface area contributed by atoms with E-state index in [2.05, 4.69) is 4.98 Å². The molecule has 0 amide bonds. The van der Waals surface area contributed by atoms with E-state index in [9.17, 15) is 4.39 Å². The molecule has 0 aliphatic carbocycles. The average Bonchev–Trinajstić information content (AvgIpc) is 1.99. The fraction of sp³-hybridized carbons (Fsp3) is 0.286. The Hall–Kier alpha value is -1.03. The molecule has 0 bridgehead atoms. The van der Waals surface area contributed by atoms with Crippen molar-refractivity contribution in [1.82, 2.24) is 4.98 Å². The normalized spacial score (nSPS) is 9.83. The first-order valence-electron chi connectivity index (χ1n) is 3.34. The minimum absolute atomic E-state index is 0.0349. The Labute approximate surface area is 74.3 Å². The molecule has 1 aromatic heterocycles. The topological polar surface area (TPSA) is 48.1 Å². The van der Waals surface area contributed by atoms with Gasteiger partial charge in [0.2, 0.25) is 5.88 Å². The van der Waals surface area contributed by atoms with Crippen molar-refractivity contribution in [1.29, 1.82) is 0 Å². The van der Waals surface area contributed by atoms with Crippen LogP contribution in [0.4, 0.5) is 10.1 Å². The van der Waals surface area contributed by atoms with E-state index in [1.54, 1.807) is 0 Å². The highest BCUT2D eigenvalue weighted by molar-refractivity contribution is 6.29. The zero-order valence-electron chi connectivity index (χ0n) is 6.26. The number of aromatic nitrogens is 1. The molecule has 0 saturated heterocycles. The summed E-state index contributed by atoms with van der Waals surface area (Å²) < 4.78 is 16.5. The predicted molar refractivity (Wildman–Crippen MR) is 45.1 cm³/mol. The Morgan fingerprint density at radius 2 is 2.33 bits per heavy atom. The van der Waals surface area contributed by atoms with Gasteiger partial charge in [-0.3, -0.25) is 0 Å². The molecule has 0 atom stereocenters. The summed E-state index contributed by atoms with van der Waals surface area (Å²) in [6.07, 6.45) is 0. The van der Waals surface area contributed by atoms with Gasteiger partial charge in [0.15, 0.2) is 0 Å². The second kappa shape index (κ2) is 4.11. The maximum absolute atomic E-state index is 11.7. The molecular formula is C7H8ClFN2O. The number of ether oxygens (including phenoxy) is 1. The summed E-state index contributed by atoms with van der Waals surface area (Å²) >= 11 is 5.56. The third kappa shape index (κ3) is 2.54. The second-order valence-electron chi connectivity index (χ2n) is 2.10. The van der Waals surface area contributed by atoms with Gasteiger partial charge in [-0.05, 0) is 6.07 Å². The van der Waals surface area contributed by atoms with Crippen LogP contribution in [0.3, 0.4) is 0 Å². The zero-order valence-corrected chi connectivity index (χ0v) is 7.01. The number of alkyl halides is 1. The van der Waals surface area contributed by atoms with Crippen LogP contribution >= 0.6 is 11.6 Å². The number of rotatable bonds is 3. The van der Waals surface area contributed by atoms with Gasteiger partial charge < -0.3 is 10.5 Å². The van der Waals surface area contributed by atoms with Gasteiger partial charge in [0, 0.05) is 11.8 Å². The Bertz CT molecular complexity index is 249. The van der Waals surface area contributed by atoms with E-state index >= 15 is 0 Å². The molecule has 66 valence electrons. The number of halogens is 2. The number of hydrogen-bond donors (Lipinski definition) is 1. The molecule has 0 aliphatic heterocycles. The van der Waals surface area contributed by atoms with E-state index in [1.165, 1.54) is 12.1 Å². The smallest absolute Gasteiger partial charge is 0.216 e. The Morgan fingerprint density at radius 3 is 2.92 bits per heavy atom. The summed E-state index contributed by atoms with van der Waals surface area (Å²) in [5, 5.41) is 0.240. The first-order valence-corrected chi connectivity index (χ1v) is 3.72. The van der Waals surface area contributed by atoms with Crippen LogP contribution in [-0.4, -0.2) is 18.3 Å². The van der Waals surface area contributed by atoms with Crippen molar-refractivity contribution in [3.63, 3.8) is 0 Å². The highest BCUT2D eigenvalue weighted by Crippen LogP contribution is 2.17. The molecule has 0 aliphatic rings. The first-order chi connectivity index (χ1) is 5.72. The summed E-state index contributed by atoms with van der Waals surface area (Å²) in [5.74, 6) is 0.248. The van der Waals surface area contributed by atoms with Crippen molar-refractivity contribution in [2.75, 3.05) is 19.0 Å². The Morgan fingerprint density at radius 1 is 1.58 bits per heavy atom. The molecule has 0 unspecified atom stereocenters. The van der Waals surface area contributed by atoms with Gasteiger partial charge >= 0.3 is 0 Å². The van der Waals surface area contributed by atoms with Gasteiger partial charge in [0.1, 0.15) is 18.4 Å². The third-order valence-electron chi connectivity index (χ3n) is 1.12. The number of nitrogens with zero attached hydrogens (tertiary/aromatic N) is 1. The molecule has 12 heavy (non-hydrogen) atoms.